The molecule has 0 radical (unpaired) electrons. The molecule has 4 nitrogen and oxygen atoms in total. The second-order valence-corrected chi connectivity index (χ2v) is 6.19. The lowest BCUT2D eigenvalue weighted by Crippen LogP contribution is -2.45. The molecule has 0 rings (SSSR count). The lowest BCUT2D eigenvalue weighted by Gasteiger charge is -2.23. The van der Waals surface area contributed by atoms with Crippen LogP contribution in [0.1, 0.15) is 53.9 Å². The highest BCUT2D eigenvalue weighted by molar-refractivity contribution is 5.81. The molecule has 0 bridgehead atoms. The number of aliphatic hydroxyl groups excluding tert-OH is 1. The molecule has 0 aromatic rings. The molecule has 0 saturated carbocycles. The van der Waals surface area contributed by atoms with Crippen LogP contribution in [0.5, 0.6) is 0 Å². The zero-order valence-corrected chi connectivity index (χ0v) is 12.5. The smallest absolute Gasteiger partial charge is 0.236 e. The van der Waals surface area contributed by atoms with Crippen molar-refractivity contribution in [2.24, 2.45) is 5.41 Å². The lowest BCUT2D eigenvalue weighted by molar-refractivity contribution is -0.122. The fourth-order valence-electron chi connectivity index (χ4n) is 1.73. The van der Waals surface area contributed by atoms with Gasteiger partial charge in [0.2, 0.25) is 5.91 Å². The highest BCUT2D eigenvalue weighted by Crippen LogP contribution is 2.20. The molecule has 0 spiro atoms. The maximum atomic E-state index is 11.7. The second-order valence-electron chi connectivity index (χ2n) is 6.19. The molecule has 3 N–H and O–H groups in total. The highest BCUT2D eigenvalue weighted by atomic mass is 16.3. The van der Waals surface area contributed by atoms with Gasteiger partial charge in [-0.2, -0.15) is 0 Å². The van der Waals surface area contributed by atoms with Crippen molar-refractivity contribution in [2.45, 2.75) is 66.0 Å². The number of nitrogens with one attached hydrogen (secondary N) is 2. The van der Waals surface area contributed by atoms with Crippen LogP contribution in [0.25, 0.3) is 0 Å². The Morgan fingerprint density at radius 1 is 1.33 bits per heavy atom. The summed E-state index contributed by atoms with van der Waals surface area (Å²) in [5.74, 6) is 0.00593. The van der Waals surface area contributed by atoms with E-state index in [4.69, 9.17) is 0 Å². The fourth-order valence-corrected chi connectivity index (χ4v) is 1.73. The van der Waals surface area contributed by atoms with E-state index in [9.17, 15) is 9.90 Å². The minimum absolute atomic E-state index is 0.00593. The minimum atomic E-state index is -0.407. The van der Waals surface area contributed by atoms with Crippen LogP contribution in [-0.2, 0) is 4.79 Å². The second kappa shape index (κ2) is 8.48. The number of hydrogen-bond donors (Lipinski definition) is 3. The maximum absolute atomic E-state index is 11.7. The molecule has 0 saturated heterocycles. The third-order valence-electron chi connectivity index (χ3n) is 2.73. The lowest BCUT2D eigenvalue weighted by atomic mass is 9.89. The van der Waals surface area contributed by atoms with Crippen molar-refractivity contribution in [1.82, 2.24) is 10.6 Å². The molecular formula is C14H30N2O2. The molecule has 1 amide bonds. The summed E-state index contributed by atoms with van der Waals surface area (Å²) in [7, 11) is 0. The predicted molar refractivity (Wildman–Crippen MR) is 75.5 cm³/mol. The van der Waals surface area contributed by atoms with Crippen LogP contribution < -0.4 is 10.6 Å². The van der Waals surface area contributed by atoms with Gasteiger partial charge in [0.15, 0.2) is 0 Å². The average Bonchev–Trinajstić information content (AvgIpc) is 2.23. The van der Waals surface area contributed by atoms with Crippen LogP contribution in [-0.4, -0.2) is 36.2 Å². The molecule has 108 valence electrons. The SMILES string of the molecule is CCCCNC(=O)C(C)NCC(O)CC(C)(C)C. The summed E-state index contributed by atoms with van der Waals surface area (Å²) < 4.78 is 0. The number of carbonyl (C=O) groups is 1. The van der Waals surface area contributed by atoms with Gasteiger partial charge in [0.1, 0.15) is 0 Å². The molecule has 0 aromatic carbocycles. The number of hydrogen-bond acceptors (Lipinski definition) is 3. The van der Waals surface area contributed by atoms with Crippen LogP contribution in [0.3, 0.4) is 0 Å². The van der Waals surface area contributed by atoms with Crippen LogP contribution in [0.4, 0.5) is 0 Å². The molecular weight excluding hydrogens is 228 g/mol. The first kappa shape index (κ1) is 17.4. The van der Waals surface area contributed by atoms with E-state index in [1.54, 1.807) is 0 Å². The van der Waals surface area contributed by atoms with Gasteiger partial charge in [0, 0.05) is 13.1 Å². The van der Waals surface area contributed by atoms with Crippen LogP contribution >= 0.6 is 0 Å². The van der Waals surface area contributed by atoms with Gasteiger partial charge >= 0.3 is 0 Å². The van der Waals surface area contributed by atoms with Gasteiger partial charge in [-0.1, -0.05) is 34.1 Å². The summed E-state index contributed by atoms with van der Waals surface area (Å²) in [4.78, 5) is 11.7. The Bertz CT molecular complexity index is 236. The summed E-state index contributed by atoms with van der Waals surface area (Å²) in [6.45, 7) is 11.4. The Labute approximate surface area is 112 Å². The van der Waals surface area contributed by atoms with Crippen molar-refractivity contribution in [3.63, 3.8) is 0 Å². The summed E-state index contributed by atoms with van der Waals surface area (Å²) >= 11 is 0. The van der Waals surface area contributed by atoms with E-state index in [-0.39, 0.29) is 17.4 Å². The standard InChI is InChI=1S/C14H30N2O2/c1-6-7-8-15-13(18)11(2)16-10-12(17)9-14(3,4)5/h11-12,16-17H,6-10H2,1-5H3,(H,15,18). The van der Waals surface area contributed by atoms with Gasteiger partial charge in [-0.25, -0.2) is 0 Å². The van der Waals surface area contributed by atoms with Crippen molar-refractivity contribution in [3.8, 4) is 0 Å². The van der Waals surface area contributed by atoms with Crippen molar-refractivity contribution >= 4 is 5.91 Å². The number of rotatable bonds is 8. The molecule has 2 unspecified atom stereocenters. The quantitative estimate of drug-likeness (QED) is 0.581. The summed E-state index contributed by atoms with van der Waals surface area (Å²) in [6.07, 6.45) is 2.40. The van der Waals surface area contributed by atoms with E-state index in [2.05, 4.69) is 38.3 Å². The van der Waals surface area contributed by atoms with Crippen molar-refractivity contribution in [3.05, 3.63) is 0 Å². The monoisotopic (exact) mass is 258 g/mol. The summed E-state index contributed by atoms with van der Waals surface area (Å²) in [5, 5.41) is 15.8. The van der Waals surface area contributed by atoms with Crippen LogP contribution in [0.15, 0.2) is 0 Å². The Morgan fingerprint density at radius 3 is 2.44 bits per heavy atom. The van der Waals surface area contributed by atoms with Crippen molar-refractivity contribution in [2.75, 3.05) is 13.1 Å². The molecule has 0 aromatic heterocycles. The van der Waals surface area contributed by atoms with E-state index in [0.29, 0.717) is 6.54 Å². The first-order valence-corrected chi connectivity index (χ1v) is 6.95. The summed E-state index contributed by atoms with van der Waals surface area (Å²) in [6, 6.07) is -0.253. The van der Waals surface area contributed by atoms with Crippen LogP contribution in [0.2, 0.25) is 0 Å². The Morgan fingerprint density at radius 2 is 1.94 bits per heavy atom. The normalized spacial score (nSPS) is 15.2. The molecule has 0 heterocycles. The Balaban J connectivity index is 3.81. The zero-order chi connectivity index (χ0) is 14.2. The van der Waals surface area contributed by atoms with Gasteiger partial charge in [-0.05, 0) is 25.2 Å². The van der Waals surface area contributed by atoms with Crippen molar-refractivity contribution < 1.29 is 9.90 Å². The van der Waals surface area contributed by atoms with Gasteiger partial charge in [-0.3, -0.25) is 4.79 Å². The predicted octanol–water partition coefficient (Wildman–Crippen LogP) is 1.68. The zero-order valence-electron chi connectivity index (χ0n) is 12.5. The molecule has 0 aliphatic heterocycles. The average molecular weight is 258 g/mol. The Hall–Kier alpha value is -0.610. The molecule has 18 heavy (non-hydrogen) atoms. The summed E-state index contributed by atoms with van der Waals surface area (Å²) in [5.41, 5.74) is 0.105. The van der Waals surface area contributed by atoms with Crippen LogP contribution in [0, 0.1) is 5.41 Å². The molecule has 0 aliphatic carbocycles. The van der Waals surface area contributed by atoms with E-state index >= 15 is 0 Å². The molecule has 2 atom stereocenters. The molecule has 4 heteroatoms. The largest absolute Gasteiger partial charge is 0.392 e. The molecule has 0 aliphatic rings. The van der Waals surface area contributed by atoms with E-state index in [1.165, 1.54) is 0 Å². The molecule has 0 fully saturated rings. The van der Waals surface area contributed by atoms with E-state index in [0.717, 1.165) is 25.8 Å². The highest BCUT2D eigenvalue weighted by Gasteiger charge is 2.18. The van der Waals surface area contributed by atoms with Gasteiger partial charge in [0.25, 0.3) is 0 Å². The van der Waals surface area contributed by atoms with Gasteiger partial charge < -0.3 is 15.7 Å². The first-order chi connectivity index (χ1) is 8.26. The third kappa shape index (κ3) is 9.42. The van der Waals surface area contributed by atoms with Gasteiger partial charge in [-0.15, -0.1) is 0 Å². The van der Waals surface area contributed by atoms with E-state index < -0.39 is 6.10 Å². The Kier molecular flexibility index (Phi) is 8.20. The van der Waals surface area contributed by atoms with E-state index in [1.807, 2.05) is 6.92 Å². The number of carbonyl (C=O) groups excluding carboxylic acids is 1. The maximum Gasteiger partial charge on any atom is 0.236 e. The number of amides is 1. The number of unbranched alkanes of at least 4 members (excludes halogenated alkanes) is 1. The fraction of sp³-hybridized carbons (Fsp3) is 0.929. The minimum Gasteiger partial charge on any atom is -0.392 e. The third-order valence-corrected chi connectivity index (χ3v) is 2.73. The first-order valence-electron chi connectivity index (χ1n) is 6.95. The van der Waals surface area contributed by atoms with Gasteiger partial charge in [0.05, 0.1) is 12.1 Å². The number of aliphatic hydroxyl groups is 1. The topological polar surface area (TPSA) is 61.4 Å². The van der Waals surface area contributed by atoms with Crippen molar-refractivity contribution in [1.29, 1.82) is 0 Å².